The van der Waals surface area contributed by atoms with Crippen LogP contribution in [0.2, 0.25) is 4.34 Å². The highest BCUT2D eigenvalue weighted by Gasteiger charge is 2.18. The average molecular weight is 366 g/mol. The Bertz CT molecular complexity index is 792. The molecule has 2 heterocycles. The van der Waals surface area contributed by atoms with Crippen molar-refractivity contribution in [1.82, 2.24) is 0 Å². The fraction of sp³-hybridized carbons (Fsp3) is 0.0909. The minimum atomic E-state index is -3.86. The second-order valence-electron chi connectivity index (χ2n) is 3.80. The molecule has 0 aliphatic carbocycles. The van der Waals surface area contributed by atoms with Gasteiger partial charge in [0.2, 0.25) is 15.8 Å². The third-order valence-corrected chi connectivity index (χ3v) is 5.93. The maximum absolute atomic E-state index is 11.7. The molecule has 6 nitrogen and oxygen atoms in total. The summed E-state index contributed by atoms with van der Waals surface area (Å²) in [6, 6.07) is 4.21. The lowest BCUT2D eigenvalue weighted by Gasteiger charge is -2.01. The zero-order chi connectivity index (χ0) is 15.6. The number of hydrogen-bond acceptors (Lipinski definition) is 7. The van der Waals surface area contributed by atoms with E-state index in [1.165, 1.54) is 11.4 Å². The first-order valence-corrected chi connectivity index (χ1v) is 8.96. The first kappa shape index (κ1) is 16.1. The molecule has 0 fully saturated rings. The third-order valence-electron chi connectivity index (χ3n) is 2.27. The first-order valence-electron chi connectivity index (χ1n) is 5.34. The van der Waals surface area contributed by atoms with E-state index in [1.807, 2.05) is 0 Å². The molecule has 0 radical (unpaired) electrons. The van der Waals surface area contributed by atoms with Gasteiger partial charge in [-0.25, -0.2) is 18.4 Å². The van der Waals surface area contributed by atoms with Gasteiger partial charge in [-0.05, 0) is 18.2 Å². The number of Topliss-reactive ketones (excluding diaryl/α,β-unsaturated/α-hetero) is 1. The van der Waals surface area contributed by atoms with E-state index < -0.39 is 22.6 Å². The molecule has 0 aliphatic heterocycles. The highest BCUT2D eigenvalue weighted by Crippen LogP contribution is 2.22. The number of hydrogen-bond donors (Lipinski definition) is 1. The van der Waals surface area contributed by atoms with Crippen molar-refractivity contribution in [1.29, 1.82) is 0 Å². The molecule has 10 heteroatoms. The molecule has 2 aromatic rings. The smallest absolute Gasteiger partial charge is 0.339 e. The lowest BCUT2D eigenvalue weighted by molar-refractivity contribution is 0.0476. The predicted molar refractivity (Wildman–Crippen MR) is 79.6 cm³/mol. The van der Waals surface area contributed by atoms with Crippen molar-refractivity contribution < 1.29 is 22.7 Å². The van der Waals surface area contributed by atoms with Crippen LogP contribution in [-0.2, 0) is 14.8 Å². The Morgan fingerprint density at radius 3 is 2.57 bits per heavy atom. The van der Waals surface area contributed by atoms with Crippen LogP contribution in [0.1, 0.15) is 20.0 Å². The Balaban J connectivity index is 1.99. The predicted octanol–water partition coefficient (Wildman–Crippen LogP) is 2.15. The summed E-state index contributed by atoms with van der Waals surface area (Å²) in [5.74, 6) is -1.18. The molecule has 0 spiro atoms. The molecule has 2 N–H and O–H groups in total. The summed E-state index contributed by atoms with van der Waals surface area (Å²) in [5, 5.41) is 6.24. The first-order chi connectivity index (χ1) is 9.77. The van der Waals surface area contributed by atoms with Gasteiger partial charge in [0.15, 0.2) is 6.61 Å². The molecular formula is C11H8ClNO5S3. The van der Waals surface area contributed by atoms with Crippen LogP contribution in [-0.4, -0.2) is 26.8 Å². The summed E-state index contributed by atoms with van der Waals surface area (Å²) in [7, 11) is -3.86. The number of carbonyl (C=O) groups is 2. The Kier molecular flexibility index (Phi) is 4.79. The topological polar surface area (TPSA) is 104 Å². The van der Waals surface area contributed by atoms with Gasteiger partial charge in [0.05, 0.1) is 14.8 Å². The van der Waals surface area contributed by atoms with Crippen LogP contribution >= 0.6 is 34.3 Å². The van der Waals surface area contributed by atoms with E-state index in [0.717, 1.165) is 28.7 Å². The van der Waals surface area contributed by atoms with Crippen LogP contribution in [0.5, 0.6) is 0 Å². The number of ketones is 1. The van der Waals surface area contributed by atoms with Crippen LogP contribution < -0.4 is 5.14 Å². The van der Waals surface area contributed by atoms with E-state index in [2.05, 4.69) is 0 Å². The van der Waals surface area contributed by atoms with Crippen molar-refractivity contribution in [3.63, 3.8) is 0 Å². The van der Waals surface area contributed by atoms with Gasteiger partial charge in [0.25, 0.3) is 0 Å². The summed E-state index contributed by atoms with van der Waals surface area (Å²) in [4.78, 5) is 23.8. The summed E-state index contributed by atoms with van der Waals surface area (Å²) in [6.45, 7) is -0.448. The number of sulfonamides is 1. The summed E-state index contributed by atoms with van der Waals surface area (Å²) < 4.78 is 27.3. The average Bonchev–Trinajstić information content (AvgIpc) is 3.03. The lowest BCUT2D eigenvalue weighted by Crippen LogP contribution is -2.13. The zero-order valence-electron chi connectivity index (χ0n) is 10.2. The second-order valence-corrected chi connectivity index (χ2v) is 8.22. The largest absolute Gasteiger partial charge is 0.454 e. The van der Waals surface area contributed by atoms with Crippen LogP contribution in [0.25, 0.3) is 0 Å². The standard InChI is InChI=1S/C11H8ClNO5S3/c12-9-2-1-8(20-9)7(14)4-18-11(15)6-3-10(19-5-6)21(13,16)17/h1-3,5H,4H2,(H2,13,16,17). The lowest BCUT2D eigenvalue weighted by atomic mass is 10.3. The number of halogens is 1. The van der Waals surface area contributed by atoms with Gasteiger partial charge in [-0.2, -0.15) is 0 Å². The van der Waals surface area contributed by atoms with Gasteiger partial charge in [0, 0.05) is 5.38 Å². The maximum atomic E-state index is 11.7. The number of rotatable bonds is 5. The normalized spacial score (nSPS) is 11.3. The Morgan fingerprint density at radius 1 is 1.33 bits per heavy atom. The van der Waals surface area contributed by atoms with E-state index >= 15 is 0 Å². The van der Waals surface area contributed by atoms with E-state index in [4.69, 9.17) is 21.5 Å². The van der Waals surface area contributed by atoms with Crippen LogP contribution in [0.15, 0.2) is 27.8 Å². The number of esters is 1. The van der Waals surface area contributed by atoms with Crippen molar-refractivity contribution in [3.05, 3.63) is 38.4 Å². The zero-order valence-corrected chi connectivity index (χ0v) is 13.4. The molecule has 0 bridgehead atoms. The summed E-state index contributed by atoms with van der Waals surface area (Å²) >= 11 is 7.59. The summed E-state index contributed by atoms with van der Waals surface area (Å²) in [5.41, 5.74) is 0.0287. The molecule has 2 rings (SSSR count). The molecule has 0 aliphatic rings. The number of ether oxygens (including phenoxy) is 1. The molecule has 0 aromatic carbocycles. The van der Waals surface area contributed by atoms with Crippen molar-refractivity contribution >= 4 is 56.1 Å². The van der Waals surface area contributed by atoms with Gasteiger partial charge in [-0.3, -0.25) is 4.79 Å². The molecule has 0 amide bonds. The van der Waals surface area contributed by atoms with Crippen LogP contribution in [0.3, 0.4) is 0 Å². The molecule has 0 saturated carbocycles. The Hall–Kier alpha value is -1.26. The minimum Gasteiger partial charge on any atom is -0.454 e. The molecule has 2 aromatic heterocycles. The van der Waals surface area contributed by atoms with Gasteiger partial charge < -0.3 is 4.74 Å². The molecule has 21 heavy (non-hydrogen) atoms. The Morgan fingerprint density at radius 2 is 2.05 bits per heavy atom. The van der Waals surface area contributed by atoms with Crippen molar-refractivity contribution in [2.24, 2.45) is 5.14 Å². The monoisotopic (exact) mass is 365 g/mol. The highest BCUT2D eigenvalue weighted by molar-refractivity contribution is 7.91. The molecule has 0 saturated heterocycles. The van der Waals surface area contributed by atoms with Crippen molar-refractivity contribution in [3.8, 4) is 0 Å². The molecule has 0 atom stereocenters. The van der Waals surface area contributed by atoms with Crippen LogP contribution in [0.4, 0.5) is 0 Å². The molecular weight excluding hydrogens is 358 g/mol. The van der Waals surface area contributed by atoms with Gasteiger partial charge >= 0.3 is 5.97 Å². The summed E-state index contributed by atoms with van der Waals surface area (Å²) in [6.07, 6.45) is 0. The maximum Gasteiger partial charge on any atom is 0.339 e. The minimum absolute atomic E-state index is 0.0287. The van der Waals surface area contributed by atoms with Crippen LogP contribution in [0, 0.1) is 0 Å². The van der Waals surface area contributed by atoms with E-state index in [9.17, 15) is 18.0 Å². The second kappa shape index (κ2) is 6.24. The fourth-order valence-corrected chi connectivity index (χ4v) is 3.86. The van der Waals surface area contributed by atoms with E-state index in [-0.39, 0.29) is 15.6 Å². The van der Waals surface area contributed by atoms with Gasteiger partial charge in [-0.15, -0.1) is 22.7 Å². The number of thiophene rings is 2. The van der Waals surface area contributed by atoms with Gasteiger partial charge in [-0.1, -0.05) is 11.6 Å². The third kappa shape index (κ3) is 4.11. The van der Waals surface area contributed by atoms with Crippen molar-refractivity contribution in [2.45, 2.75) is 4.21 Å². The Labute approximate surface area is 133 Å². The fourth-order valence-electron chi connectivity index (χ4n) is 1.32. The number of nitrogens with two attached hydrogens (primary N) is 1. The highest BCUT2D eigenvalue weighted by atomic mass is 35.5. The van der Waals surface area contributed by atoms with Gasteiger partial charge in [0.1, 0.15) is 4.21 Å². The van der Waals surface area contributed by atoms with Crippen molar-refractivity contribution in [2.75, 3.05) is 6.61 Å². The quantitative estimate of drug-likeness (QED) is 0.645. The number of carbonyl (C=O) groups excluding carboxylic acids is 2. The van der Waals surface area contributed by atoms with E-state index in [0.29, 0.717) is 9.21 Å². The number of primary sulfonamides is 1. The molecule has 0 unspecified atom stereocenters. The SMILES string of the molecule is NS(=O)(=O)c1cc(C(=O)OCC(=O)c2ccc(Cl)s2)cs1. The van der Waals surface area contributed by atoms with E-state index in [1.54, 1.807) is 6.07 Å². The molecule has 112 valence electrons.